The van der Waals surface area contributed by atoms with Crippen LogP contribution in [0.4, 0.5) is 13.2 Å². The zero-order chi connectivity index (χ0) is 16.2. The fourth-order valence-electron chi connectivity index (χ4n) is 1.40. The molecule has 0 radical (unpaired) electrons. The van der Waals surface area contributed by atoms with Gasteiger partial charge in [-0.2, -0.15) is 8.78 Å². The van der Waals surface area contributed by atoms with Crippen LogP contribution in [0.2, 0.25) is 0 Å². The van der Waals surface area contributed by atoms with Gasteiger partial charge in [-0.25, -0.2) is 17.8 Å². The quantitative estimate of drug-likeness (QED) is 0.538. The number of aromatic nitrogens is 1. The number of oxazole rings is 1. The van der Waals surface area contributed by atoms with Gasteiger partial charge in [0.05, 0.1) is 11.9 Å². The molecule has 1 aliphatic carbocycles. The topological polar surface area (TPSA) is 81.8 Å². The molecule has 0 aliphatic heterocycles. The average molecular weight is 338 g/mol. The lowest BCUT2D eigenvalue weighted by atomic mass is 10.4. The minimum Gasteiger partial charge on any atom is -0.427 e. The highest BCUT2D eigenvalue weighted by molar-refractivity contribution is 7.91. The van der Waals surface area contributed by atoms with Gasteiger partial charge in [-0.15, -0.1) is 0 Å². The van der Waals surface area contributed by atoms with Gasteiger partial charge < -0.3 is 9.25 Å². The van der Waals surface area contributed by atoms with Crippen molar-refractivity contribution in [1.82, 2.24) is 4.98 Å². The van der Waals surface area contributed by atoms with Gasteiger partial charge in [-0.05, 0) is 18.8 Å². The Labute approximate surface area is 124 Å². The van der Waals surface area contributed by atoms with E-state index in [1.165, 1.54) is 0 Å². The number of allylic oxidation sites excluding steroid dienone is 1. The fraction of sp³-hybridized carbons (Fsp3) is 0.500. The van der Waals surface area contributed by atoms with Crippen LogP contribution < -0.4 is 0 Å². The van der Waals surface area contributed by atoms with Gasteiger partial charge >= 0.3 is 11.3 Å². The highest BCUT2D eigenvalue weighted by atomic mass is 32.2. The van der Waals surface area contributed by atoms with E-state index in [1.54, 1.807) is 0 Å². The van der Waals surface area contributed by atoms with Crippen molar-refractivity contribution >= 4 is 16.1 Å². The zero-order valence-electron chi connectivity index (χ0n) is 11.3. The van der Waals surface area contributed by atoms with Crippen LogP contribution in [0.15, 0.2) is 32.9 Å². The lowest BCUT2D eigenvalue weighted by molar-refractivity contribution is 0.135. The third-order valence-electron chi connectivity index (χ3n) is 2.83. The van der Waals surface area contributed by atoms with Crippen LogP contribution in [0.5, 0.6) is 0 Å². The SMILES string of the molecule is O=S(=O)(CCC(F)=C(F)F)c1ncc(/C=N/OCC2CC2)o1. The first-order valence-corrected chi connectivity index (χ1v) is 8.07. The van der Waals surface area contributed by atoms with E-state index in [0.29, 0.717) is 12.5 Å². The van der Waals surface area contributed by atoms with Crippen molar-refractivity contribution in [2.75, 3.05) is 12.4 Å². The van der Waals surface area contributed by atoms with Crippen molar-refractivity contribution in [2.45, 2.75) is 24.5 Å². The molecule has 0 aromatic carbocycles. The predicted molar refractivity (Wildman–Crippen MR) is 69.8 cm³/mol. The largest absolute Gasteiger partial charge is 0.427 e. The van der Waals surface area contributed by atoms with Gasteiger partial charge in [0.15, 0.2) is 11.6 Å². The Morgan fingerprint density at radius 3 is 2.82 bits per heavy atom. The zero-order valence-corrected chi connectivity index (χ0v) is 12.2. The number of nitrogens with zero attached hydrogens (tertiary/aromatic N) is 2. The standard InChI is InChI=1S/C12H13F3N2O4S/c13-10(11(14)15)3-4-22(18,19)12-16-5-9(21-12)6-17-20-7-8-1-2-8/h5-6,8H,1-4,7H2/b17-6+. The Bertz CT molecular complexity index is 676. The van der Waals surface area contributed by atoms with Crippen LogP contribution in [0.3, 0.4) is 0 Å². The minimum absolute atomic E-state index is 0.0297. The van der Waals surface area contributed by atoms with Crippen LogP contribution in [-0.2, 0) is 14.7 Å². The molecule has 0 N–H and O–H groups in total. The molecule has 22 heavy (non-hydrogen) atoms. The molecule has 2 rings (SSSR count). The molecule has 1 aromatic rings. The molecule has 0 atom stereocenters. The molecule has 0 spiro atoms. The molecule has 1 fully saturated rings. The third kappa shape index (κ3) is 4.86. The molecule has 6 nitrogen and oxygen atoms in total. The summed E-state index contributed by atoms with van der Waals surface area (Å²) in [6.07, 6.45) is 0.967. The van der Waals surface area contributed by atoms with E-state index in [2.05, 4.69) is 10.1 Å². The maximum atomic E-state index is 12.6. The van der Waals surface area contributed by atoms with E-state index < -0.39 is 39.1 Å². The van der Waals surface area contributed by atoms with Gasteiger partial charge in [0.25, 0.3) is 0 Å². The Kier molecular flexibility index (Phi) is 5.22. The van der Waals surface area contributed by atoms with Crippen LogP contribution in [0.1, 0.15) is 25.0 Å². The Balaban J connectivity index is 1.92. The number of halogens is 3. The number of hydrogen-bond acceptors (Lipinski definition) is 6. The smallest absolute Gasteiger partial charge is 0.315 e. The lowest BCUT2D eigenvalue weighted by Crippen LogP contribution is -2.07. The van der Waals surface area contributed by atoms with Gasteiger partial charge in [-0.1, -0.05) is 5.16 Å². The first kappa shape index (κ1) is 16.5. The van der Waals surface area contributed by atoms with Gasteiger partial charge in [0, 0.05) is 6.42 Å². The fourth-order valence-corrected chi connectivity index (χ4v) is 2.46. The molecule has 0 bridgehead atoms. The Morgan fingerprint density at radius 2 is 2.18 bits per heavy atom. The van der Waals surface area contributed by atoms with Crippen LogP contribution in [0.25, 0.3) is 0 Å². The van der Waals surface area contributed by atoms with E-state index in [-0.39, 0.29) is 5.76 Å². The first-order chi connectivity index (χ1) is 10.4. The summed E-state index contributed by atoms with van der Waals surface area (Å²) >= 11 is 0. The molecular weight excluding hydrogens is 325 g/mol. The number of hydrogen-bond donors (Lipinski definition) is 0. The maximum absolute atomic E-state index is 12.6. The van der Waals surface area contributed by atoms with Crippen LogP contribution >= 0.6 is 0 Å². The second-order valence-electron chi connectivity index (χ2n) is 4.74. The van der Waals surface area contributed by atoms with Gasteiger partial charge in [0.1, 0.15) is 12.8 Å². The summed E-state index contributed by atoms with van der Waals surface area (Å²) in [4.78, 5) is 8.46. The summed E-state index contributed by atoms with van der Waals surface area (Å²) in [7, 11) is -4.09. The summed E-state index contributed by atoms with van der Waals surface area (Å²) in [5.74, 6) is -2.10. The predicted octanol–water partition coefficient (Wildman–Crippen LogP) is 2.68. The number of rotatable bonds is 8. The summed E-state index contributed by atoms with van der Waals surface area (Å²) in [6, 6.07) is 0. The molecule has 1 saturated carbocycles. The Hall–Kier alpha value is -1.84. The molecule has 0 unspecified atom stereocenters. The van der Waals surface area contributed by atoms with Crippen molar-refractivity contribution in [1.29, 1.82) is 0 Å². The second-order valence-corrected chi connectivity index (χ2v) is 6.72. The van der Waals surface area contributed by atoms with Crippen molar-refractivity contribution < 1.29 is 30.8 Å². The number of sulfone groups is 1. The van der Waals surface area contributed by atoms with E-state index in [1.807, 2.05) is 0 Å². The lowest BCUT2D eigenvalue weighted by Gasteiger charge is -1.98. The van der Waals surface area contributed by atoms with E-state index in [9.17, 15) is 21.6 Å². The summed E-state index contributed by atoms with van der Waals surface area (Å²) < 4.78 is 64.8. The maximum Gasteiger partial charge on any atom is 0.315 e. The van der Waals surface area contributed by atoms with Gasteiger partial charge in [0.2, 0.25) is 9.84 Å². The normalized spacial score (nSPS) is 15.2. The van der Waals surface area contributed by atoms with Crippen LogP contribution in [-0.4, -0.2) is 32.0 Å². The molecule has 0 amide bonds. The molecule has 1 aliphatic rings. The molecule has 10 heteroatoms. The average Bonchev–Trinajstić information content (AvgIpc) is 3.16. The van der Waals surface area contributed by atoms with Crippen molar-refractivity contribution in [3.05, 3.63) is 23.9 Å². The number of oxime groups is 1. The Morgan fingerprint density at radius 1 is 1.45 bits per heavy atom. The van der Waals surface area contributed by atoms with Crippen molar-refractivity contribution in [3.63, 3.8) is 0 Å². The van der Waals surface area contributed by atoms with Gasteiger partial charge in [-0.3, -0.25) is 0 Å². The van der Waals surface area contributed by atoms with Crippen LogP contribution in [0, 0.1) is 5.92 Å². The third-order valence-corrected chi connectivity index (χ3v) is 4.29. The van der Waals surface area contributed by atoms with Crippen molar-refractivity contribution in [3.8, 4) is 0 Å². The molecule has 0 saturated heterocycles. The summed E-state index contributed by atoms with van der Waals surface area (Å²) in [6.45, 7) is 0.482. The summed E-state index contributed by atoms with van der Waals surface area (Å²) in [5, 5.41) is 2.92. The van der Waals surface area contributed by atoms with Crippen molar-refractivity contribution in [2.24, 2.45) is 11.1 Å². The van der Waals surface area contributed by atoms with E-state index in [0.717, 1.165) is 25.3 Å². The monoisotopic (exact) mass is 338 g/mol. The van der Waals surface area contributed by atoms with E-state index in [4.69, 9.17) is 9.25 Å². The molecule has 122 valence electrons. The molecular formula is C12H13F3N2O4S. The van der Waals surface area contributed by atoms with E-state index >= 15 is 0 Å². The highest BCUT2D eigenvalue weighted by Crippen LogP contribution is 2.28. The molecule has 1 aromatic heterocycles. The minimum atomic E-state index is -4.09. The molecule has 1 heterocycles. The highest BCUT2D eigenvalue weighted by Gasteiger charge is 2.23. The second kappa shape index (κ2) is 6.95. The summed E-state index contributed by atoms with van der Waals surface area (Å²) in [5.41, 5.74) is 0. The first-order valence-electron chi connectivity index (χ1n) is 6.42.